The van der Waals surface area contributed by atoms with Crippen LogP contribution in [0.15, 0.2) is 39.8 Å². The lowest BCUT2D eigenvalue weighted by Crippen LogP contribution is -1.81. The summed E-state index contributed by atoms with van der Waals surface area (Å²) in [5.74, 6) is 0. The molecule has 0 spiro atoms. The zero-order valence-corrected chi connectivity index (χ0v) is 6.88. The Balaban J connectivity index is 2.70. The van der Waals surface area contributed by atoms with Crippen molar-refractivity contribution in [3.8, 4) is 0 Å². The average molecular weight is 182 g/mol. The lowest BCUT2D eigenvalue weighted by molar-refractivity contribution is 0.469. The predicted octanol–water partition coefficient (Wildman–Crippen LogP) is 2.01. The largest absolute Gasteiger partial charge is 0.445 e. The quantitative estimate of drug-likeness (QED) is 0.686. The molecular weight excluding hydrogens is 176 g/mol. The van der Waals surface area contributed by atoms with Gasteiger partial charge in [-0.1, -0.05) is 18.2 Å². The van der Waals surface area contributed by atoms with Crippen LogP contribution >= 0.6 is 0 Å². The lowest BCUT2D eigenvalue weighted by atomic mass is 10.3. The van der Waals surface area contributed by atoms with Crippen molar-refractivity contribution in [2.24, 2.45) is 0 Å². The van der Waals surface area contributed by atoms with Crippen molar-refractivity contribution >= 4 is 22.0 Å². The van der Waals surface area contributed by atoms with Gasteiger partial charge in [0.1, 0.15) is 5.58 Å². The van der Waals surface area contributed by atoms with Crippen LogP contribution in [0.2, 0.25) is 0 Å². The molecule has 1 unspecified atom stereocenters. The zero-order chi connectivity index (χ0) is 8.55. The van der Waals surface area contributed by atoms with Crippen LogP contribution < -0.4 is 0 Å². The van der Waals surface area contributed by atoms with Crippen molar-refractivity contribution in [3.05, 3.63) is 30.3 Å². The minimum atomic E-state index is -2.03. The minimum absolute atomic E-state index is 0.0937. The van der Waals surface area contributed by atoms with Crippen molar-refractivity contribution < 1.29 is 13.2 Å². The summed E-state index contributed by atoms with van der Waals surface area (Å²) >= 11 is -2.03. The molecule has 2 aromatic rings. The maximum Gasteiger partial charge on any atom is 0.223 e. The van der Waals surface area contributed by atoms with Gasteiger partial charge in [-0.15, -0.1) is 0 Å². The van der Waals surface area contributed by atoms with Crippen LogP contribution in [-0.4, -0.2) is 8.76 Å². The second-order valence-corrected chi connectivity index (χ2v) is 3.25. The van der Waals surface area contributed by atoms with Gasteiger partial charge in [0.25, 0.3) is 0 Å². The second-order valence-electron chi connectivity index (χ2n) is 2.35. The molecule has 0 aliphatic rings. The van der Waals surface area contributed by atoms with Gasteiger partial charge in [0.2, 0.25) is 16.2 Å². The Labute approximate surface area is 71.3 Å². The Kier molecular flexibility index (Phi) is 1.71. The van der Waals surface area contributed by atoms with Gasteiger partial charge in [0.05, 0.1) is 0 Å². The van der Waals surface area contributed by atoms with E-state index < -0.39 is 11.1 Å². The number of rotatable bonds is 1. The van der Waals surface area contributed by atoms with Gasteiger partial charge in [0, 0.05) is 11.5 Å². The fraction of sp³-hybridized carbons (Fsp3) is 0. The molecule has 0 radical (unpaired) electrons. The van der Waals surface area contributed by atoms with Crippen molar-refractivity contribution in [1.29, 1.82) is 0 Å². The molecule has 0 bridgehead atoms. The molecular formula is C8H6O3S. The number of hydrogen-bond donors (Lipinski definition) is 1. The van der Waals surface area contributed by atoms with Crippen LogP contribution in [0, 0.1) is 0 Å². The van der Waals surface area contributed by atoms with E-state index in [4.69, 9.17) is 8.97 Å². The molecule has 0 amide bonds. The summed E-state index contributed by atoms with van der Waals surface area (Å²) in [5, 5.41) is 0.936. The highest BCUT2D eigenvalue weighted by Crippen LogP contribution is 2.20. The summed E-state index contributed by atoms with van der Waals surface area (Å²) in [6.07, 6.45) is 0. The summed E-state index contributed by atoms with van der Waals surface area (Å²) < 4.78 is 24.4. The van der Waals surface area contributed by atoms with Crippen LogP contribution in [0.1, 0.15) is 0 Å². The van der Waals surface area contributed by atoms with E-state index in [1.165, 1.54) is 0 Å². The predicted molar refractivity (Wildman–Crippen MR) is 45.3 cm³/mol. The molecule has 2 rings (SSSR count). The van der Waals surface area contributed by atoms with Crippen LogP contribution in [0.3, 0.4) is 0 Å². The van der Waals surface area contributed by atoms with Crippen LogP contribution in [0.25, 0.3) is 11.0 Å². The molecule has 1 aromatic carbocycles. The monoisotopic (exact) mass is 182 g/mol. The first-order valence-corrected chi connectivity index (χ1v) is 4.47. The zero-order valence-electron chi connectivity index (χ0n) is 6.06. The maximum atomic E-state index is 10.6. The smallest absolute Gasteiger partial charge is 0.223 e. The van der Waals surface area contributed by atoms with Gasteiger partial charge in [-0.25, -0.2) is 4.21 Å². The Morgan fingerprint density at radius 3 is 2.75 bits per heavy atom. The fourth-order valence-electron chi connectivity index (χ4n) is 1.04. The summed E-state index contributed by atoms with van der Waals surface area (Å²) in [6.45, 7) is 0. The van der Waals surface area contributed by atoms with E-state index in [0.29, 0.717) is 5.58 Å². The van der Waals surface area contributed by atoms with Crippen LogP contribution in [0.4, 0.5) is 0 Å². The Bertz CT molecular complexity index is 400. The van der Waals surface area contributed by atoms with Gasteiger partial charge >= 0.3 is 0 Å². The second kappa shape index (κ2) is 2.73. The lowest BCUT2D eigenvalue weighted by Gasteiger charge is -1.83. The summed E-state index contributed by atoms with van der Waals surface area (Å²) in [6, 6.07) is 8.81. The molecule has 1 heterocycles. The molecule has 1 aromatic heterocycles. The summed E-state index contributed by atoms with van der Waals surface area (Å²) in [4.78, 5) is 0. The molecule has 12 heavy (non-hydrogen) atoms. The number of furan rings is 1. The third-order valence-electron chi connectivity index (χ3n) is 1.58. The molecule has 0 aliphatic carbocycles. The Morgan fingerprint density at radius 2 is 2.08 bits per heavy atom. The molecule has 3 nitrogen and oxygen atoms in total. The first-order chi connectivity index (χ1) is 5.77. The molecule has 4 heteroatoms. The van der Waals surface area contributed by atoms with Gasteiger partial charge in [0.15, 0.2) is 0 Å². The number of para-hydroxylation sites is 1. The molecule has 0 fully saturated rings. The van der Waals surface area contributed by atoms with E-state index in [2.05, 4.69) is 0 Å². The molecule has 0 aliphatic heterocycles. The molecule has 62 valence electrons. The van der Waals surface area contributed by atoms with E-state index >= 15 is 0 Å². The number of benzene rings is 1. The number of hydrogen-bond acceptors (Lipinski definition) is 2. The fourth-order valence-corrected chi connectivity index (χ4v) is 1.43. The third-order valence-corrected chi connectivity index (χ3v) is 2.12. The van der Waals surface area contributed by atoms with E-state index in [1.54, 1.807) is 12.1 Å². The molecule has 0 saturated carbocycles. The highest BCUT2D eigenvalue weighted by atomic mass is 32.2. The van der Waals surface area contributed by atoms with Crippen molar-refractivity contribution in [3.63, 3.8) is 0 Å². The van der Waals surface area contributed by atoms with E-state index in [-0.39, 0.29) is 5.09 Å². The summed E-state index contributed by atoms with van der Waals surface area (Å²) in [5.41, 5.74) is 0.634. The van der Waals surface area contributed by atoms with Crippen molar-refractivity contribution in [2.45, 2.75) is 5.09 Å². The first-order valence-electron chi connectivity index (χ1n) is 3.37. The highest BCUT2D eigenvalue weighted by Gasteiger charge is 2.06. The molecule has 0 saturated heterocycles. The normalized spacial score (nSPS) is 13.4. The van der Waals surface area contributed by atoms with E-state index in [9.17, 15) is 4.21 Å². The van der Waals surface area contributed by atoms with E-state index in [0.717, 1.165) is 5.39 Å². The third kappa shape index (κ3) is 1.15. The molecule has 1 atom stereocenters. The van der Waals surface area contributed by atoms with Gasteiger partial charge in [-0.2, -0.15) is 0 Å². The van der Waals surface area contributed by atoms with Gasteiger partial charge < -0.3 is 4.42 Å². The van der Waals surface area contributed by atoms with Crippen LogP contribution in [-0.2, 0) is 11.1 Å². The van der Waals surface area contributed by atoms with E-state index in [1.807, 2.05) is 18.2 Å². The van der Waals surface area contributed by atoms with Gasteiger partial charge in [-0.3, -0.25) is 4.55 Å². The Hall–Kier alpha value is -1.13. The first kappa shape index (κ1) is 7.52. The topological polar surface area (TPSA) is 50.4 Å². The van der Waals surface area contributed by atoms with Crippen molar-refractivity contribution in [1.82, 2.24) is 0 Å². The molecule has 1 N–H and O–H groups in total. The Morgan fingerprint density at radius 1 is 1.33 bits per heavy atom. The average Bonchev–Trinajstić information content (AvgIpc) is 2.46. The SMILES string of the molecule is O=S(O)c1cc2ccccc2o1. The minimum Gasteiger partial charge on any atom is -0.445 e. The number of fused-ring (bicyclic) bond motifs is 1. The van der Waals surface area contributed by atoms with Crippen LogP contribution in [0.5, 0.6) is 0 Å². The summed E-state index contributed by atoms with van der Waals surface area (Å²) in [7, 11) is 0. The van der Waals surface area contributed by atoms with Gasteiger partial charge in [-0.05, 0) is 6.07 Å². The standard InChI is InChI=1S/C8H6O3S/c9-12(10)8-5-6-3-1-2-4-7(6)11-8/h1-5H,(H,9,10). The maximum absolute atomic E-state index is 10.6. The van der Waals surface area contributed by atoms with Crippen molar-refractivity contribution in [2.75, 3.05) is 0 Å². The highest BCUT2D eigenvalue weighted by molar-refractivity contribution is 7.79.